The van der Waals surface area contributed by atoms with Crippen LogP contribution in [0, 0.1) is 5.82 Å². The molecule has 8 nitrogen and oxygen atoms in total. The lowest BCUT2D eigenvalue weighted by Gasteiger charge is -2.11. The van der Waals surface area contributed by atoms with Gasteiger partial charge in [0.05, 0.1) is 19.9 Å². The summed E-state index contributed by atoms with van der Waals surface area (Å²) in [5, 5.41) is 15.6. The summed E-state index contributed by atoms with van der Waals surface area (Å²) in [6, 6.07) is 11.4. The van der Waals surface area contributed by atoms with Gasteiger partial charge in [-0.3, -0.25) is 4.79 Å². The molecule has 27 heavy (non-hydrogen) atoms. The molecule has 0 aliphatic carbocycles. The Balaban J connectivity index is 1.71. The number of rotatable bonds is 7. The number of hydrogen-bond donors (Lipinski definition) is 3. The highest BCUT2D eigenvalue weighted by Gasteiger charge is 2.18. The Morgan fingerprint density at radius 1 is 1.15 bits per heavy atom. The van der Waals surface area contributed by atoms with E-state index in [0.717, 1.165) is 5.56 Å². The van der Waals surface area contributed by atoms with Gasteiger partial charge in [-0.1, -0.05) is 12.1 Å². The third kappa shape index (κ3) is 4.14. The molecular formula is C18H18FN5O3. The minimum absolute atomic E-state index is 0.0192. The molecule has 0 radical (unpaired) electrons. The third-order valence-corrected chi connectivity index (χ3v) is 3.82. The number of aromatic nitrogens is 3. The smallest absolute Gasteiger partial charge is 0.275 e. The standard InChI is InChI=1S/C18H18FN5O3/c1-26-12-8-7-11(15(9-12)27-2)10-20-18(25)16-17(23-24-22-16)21-14-6-4-3-5-13(14)19/h3-9H,10H2,1-2H3,(H,20,25)(H2,21,22,23,24). The topological polar surface area (TPSA) is 101 Å². The number of H-pyrrole nitrogens is 1. The molecule has 1 amide bonds. The third-order valence-electron chi connectivity index (χ3n) is 3.82. The monoisotopic (exact) mass is 371 g/mol. The van der Waals surface area contributed by atoms with Crippen molar-refractivity contribution in [1.82, 2.24) is 20.7 Å². The van der Waals surface area contributed by atoms with Crippen molar-refractivity contribution in [2.45, 2.75) is 6.54 Å². The number of nitrogens with zero attached hydrogens (tertiary/aromatic N) is 2. The first kappa shape index (κ1) is 18.2. The second-order valence-corrected chi connectivity index (χ2v) is 5.49. The molecule has 140 valence electrons. The van der Waals surface area contributed by atoms with E-state index in [-0.39, 0.29) is 23.7 Å². The Labute approximate surface area is 154 Å². The summed E-state index contributed by atoms with van der Waals surface area (Å²) < 4.78 is 24.2. The zero-order valence-electron chi connectivity index (χ0n) is 14.7. The molecule has 3 N–H and O–H groups in total. The number of para-hydroxylation sites is 1. The van der Waals surface area contributed by atoms with E-state index in [1.165, 1.54) is 19.2 Å². The van der Waals surface area contributed by atoms with Crippen molar-refractivity contribution in [3.8, 4) is 11.5 Å². The van der Waals surface area contributed by atoms with E-state index >= 15 is 0 Å². The minimum atomic E-state index is -0.472. The highest BCUT2D eigenvalue weighted by molar-refractivity contribution is 5.97. The van der Waals surface area contributed by atoms with Crippen LogP contribution in [0.25, 0.3) is 0 Å². The first-order chi connectivity index (χ1) is 13.1. The quantitative estimate of drug-likeness (QED) is 0.590. The van der Waals surface area contributed by atoms with E-state index in [2.05, 4.69) is 26.0 Å². The van der Waals surface area contributed by atoms with Crippen molar-refractivity contribution < 1.29 is 18.7 Å². The van der Waals surface area contributed by atoms with Gasteiger partial charge >= 0.3 is 0 Å². The summed E-state index contributed by atoms with van der Waals surface area (Å²) in [5.74, 6) is 0.420. The van der Waals surface area contributed by atoms with Crippen LogP contribution in [0.4, 0.5) is 15.9 Å². The maximum Gasteiger partial charge on any atom is 0.275 e. The van der Waals surface area contributed by atoms with Gasteiger partial charge in [-0.25, -0.2) is 4.39 Å². The van der Waals surface area contributed by atoms with Gasteiger partial charge in [0.25, 0.3) is 5.91 Å². The van der Waals surface area contributed by atoms with Gasteiger partial charge in [0.15, 0.2) is 11.5 Å². The van der Waals surface area contributed by atoms with Crippen molar-refractivity contribution in [3.05, 3.63) is 59.5 Å². The molecule has 3 aromatic rings. The molecule has 0 spiro atoms. The van der Waals surface area contributed by atoms with Crippen LogP contribution in [0.3, 0.4) is 0 Å². The Hall–Kier alpha value is -3.62. The number of nitrogens with one attached hydrogen (secondary N) is 3. The summed E-state index contributed by atoms with van der Waals surface area (Å²) in [6.07, 6.45) is 0. The van der Waals surface area contributed by atoms with Crippen LogP contribution in [-0.4, -0.2) is 35.5 Å². The Morgan fingerprint density at radius 3 is 2.70 bits per heavy atom. The molecular weight excluding hydrogens is 353 g/mol. The summed E-state index contributed by atoms with van der Waals surface area (Å²) >= 11 is 0. The van der Waals surface area contributed by atoms with Crippen LogP contribution in [0.2, 0.25) is 0 Å². The first-order valence-corrected chi connectivity index (χ1v) is 8.03. The number of carbonyl (C=O) groups excluding carboxylic acids is 1. The molecule has 0 bridgehead atoms. The first-order valence-electron chi connectivity index (χ1n) is 8.03. The maximum absolute atomic E-state index is 13.8. The zero-order valence-corrected chi connectivity index (χ0v) is 14.7. The van der Waals surface area contributed by atoms with E-state index in [9.17, 15) is 9.18 Å². The van der Waals surface area contributed by atoms with Crippen LogP contribution in [0.5, 0.6) is 11.5 Å². The lowest BCUT2D eigenvalue weighted by atomic mass is 10.2. The van der Waals surface area contributed by atoms with Gasteiger partial charge < -0.3 is 20.1 Å². The van der Waals surface area contributed by atoms with Gasteiger partial charge in [0.2, 0.25) is 0 Å². The average molecular weight is 371 g/mol. The lowest BCUT2D eigenvalue weighted by Crippen LogP contribution is -2.24. The van der Waals surface area contributed by atoms with Crippen LogP contribution < -0.4 is 20.1 Å². The fourth-order valence-corrected chi connectivity index (χ4v) is 2.42. The van der Waals surface area contributed by atoms with Gasteiger partial charge in [0, 0.05) is 18.2 Å². The minimum Gasteiger partial charge on any atom is -0.497 e. The van der Waals surface area contributed by atoms with E-state index < -0.39 is 11.7 Å². The molecule has 0 aliphatic rings. The van der Waals surface area contributed by atoms with E-state index in [4.69, 9.17) is 9.47 Å². The fourth-order valence-electron chi connectivity index (χ4n) is 2.42. The summed E-state index contributed by atoms with van der Waals surface area (Å²) in [6.45, 7) is 0.206. The molecule has 0 fully saturated rings. The van der Waals surface area contributed by atoms with Crippen molar-refractivity contribution in [1.29, 1.82) is 0 Å². The maximum atomic E-state index is 13.8. The number of anilines is 2. The van der Waals surface area contributed by atoms with Crippen molar-refractivity contribution in [2.75, 3.05) is 19.5 Å². The number of carbonyl (C=O) groups is 1. The number of halogens is 1. The normalized spacial score (nSPS) is 10.3. The second-order valence-electron chi connectivity index (χ2n) is 5.49. The van der Waals surface area contributed by atoms with Crippen molar-refractivity contribution in [2.24, 2.45) is 0 Å². The van der Waals surface area contributed by atoms with Gasteiger partial charge in [-0.05, 0) is 24.3 Å². The Kier molecular flexibility index (Phi) is 5.50. The number of amides is 1. The van der Waals surface area contributed by atoms with Crippen LogP contribution in [0.1, 0.15) is 16.1 Å². The lowest BCUT2D eigenvalue weighted by molar-refractivity contribution is 0.0946. The van der Waals surface area contributed by atoms with Crippen LogP contribution >= 0.6 is 0 Å². The molecule has 3 rings (SSSR count). The molecule has 0 atom stereocenters. The fraction of sp³-hybridized carbons (Fsp3) is 0.167. The van der Waals surface area contributed by atoms with Gasteiger partial charge in [0.1, 0.15) is 17.3 Å². The Morgan fingerprint density at radius 2 is 1.96 bits per heavy atom. The van der Waals surface area contributed by atoms with Crippen molar-refractivity contribution >= 4 is 17.4 Å². The molecule has 1 heterocycles. The molecule has 2 aromatic carbocycles. The number of aromatic amines is 1. The summed E-state index contributed by atoms with van der Waals surface area (Å²) in [5.41, 5.74) is 0.974. The van der Waals surface area contributed by atoms with Crippen molar-refractivity contribution in [3.63, 3.8) is 0 Å². The largest absolute Gasteiger partial charge is 0.497 e. The van der Waals surface area contributed by atoms with Crippen LogP contribution in [-0.2, 0) is 6.54 Å². The predicted molar refractivity (Wildman–Crippen MR) is 96.8 cm³/mol. The highest BCUT2D eigenvalue weighted by Crippen LogP contribution is 2.25. The zero-order chi connectivity index (χ0) is 19.2. The summed E-state index contributed by atoms with van der Waals surface area (Å²) in [4.78, 5) is 12.5. The average Bonchev–Trinajstić information content (AvgIpc) is 3.16. The highest BCUT2D eigenvalue weighted by atomic mass is 19.1. The summed E-state index contributed by atoms with van der Waals surface area (Å²) in [7, 11) is 3.10. The molecule has 1 aromatic heterocycles. The molecule has 0 saturated heterocycles. The molecule has 0 saturated carbocycles. The van der Waals surface area contributed by atoms with Gasteiger partial charge in [-0.15, -0.1) is 10.2 Å². The SMILES string of the molecule is COc1ccc(CNC(=O)c2n[nH]nc2Nc2ccccc2F)c(OC)c1. The number of methoxy groups -OCH3 is 2. The van der Waals surface area contributed by atoms with E-state index in [0.29, 0.717) is 11.5 Å². The molecule has 0 aliphatic heterocycles. The molecule has 9 heteroatoms. The number of benzene rings is 2. The van der Waals surface area contributed by atoms with Crippen LogP contribution in [0.15, 0.2) is 42.5 Å². The molecule has 0 unspecified atom stereocenters. The van der Waals surface area contributed by atoms with E-state index in [1.54, 1.807) is 37.4 Å². The van der Waals surface area contributed by atoms with E-state index in [1.807, 2.05) is 0 Å². The second kappa shape index (κ2) is 8.17. The Bertz CT molecular complexity index is 944. The number of ether oxygens (including phenoxy) is 2. The number of hydrogen-bond acceptors (Lipinski definition) is 6. The van der Waals surface area contributed by atoms with Gasteiger partial charge in [-0.2, -0.15) is 5.21 Å². The predicted octanol–water partition coefficient (Wildman–Crippen LogP) is 2.63.